The second-order valence-corrected chi connectivity index (χ2v) is 5.41. The number of carbonyl (C=O) groups excluding carboxylic acids is 1. The normalized spacial score (nSPS) is 10.3. The molecule has 0 unspecified atom stereocenters. The van der Waals surface area contributed by atoms with Crippen LogP contribution in [0.2, 0.25) is 0 Å². The Balaban J connectivity index is 2.13. The second kappa shape index (κ2) is 6.11. The van der Waals surface area contributed by atoms with Crippen LogP contribution in [0.5, 0.6) is 0 Å². The van der Waals surface area contributed by atoms with Crippen LogP contribution in [0.1, 0.15) is 12.6 Å². The van der Waals surface area contributed by atoms with E-state index in [1.807, 2.05) is 29.6 Å². The fourth-order valence-electron chi connectivity index (χ4n) is 1.50. The van der Waals surface area contributed by atoms with E-state index >= 15 is 0 Å². The van der Waals surface area contributed by atoms with Crippen molar-refractivity contribution in [2.75, 3.05) is 6.61 Å². The van der Waals surface area contributed by atoms with E-state index in [1.54, 1.807) is 6.92 Å². The van der Waals surface area contributed by atoms with Crippen LogP contribution in [-0.4, -0.2) is 17.6 Å². The maximum atomic E-state index is 11.3. The van der Waals surface area contributed by atoms with Crippen molar-refractivity contribution in [3.63, 3.8) is 0 Å². The number of esters is 1. The fourth-order valence-corrected chi connectivity index (χ4v) is 2.72. The smallest absolute Gasteiger partial charge is 0.311 e. The molecule has 0 saturated heterocycles. The van der Waals surface area contributed by atoms with Crippen LogP contribution >= 0.6 is 27.3 Å². The third-order valence-corrected chi connectivity index (χ3v) is 3.69. The summed E-state index contributed by atoms with van der Waals surface area (Å²) >= 11 is 4.96. The molecular weight excluding hydrogens is 314 g/mol. The lowest BCUT2D eigenvalue weighted by Gasteiger charge is -1.98. The van der Waals surface area contributed by atoms with E-state index in [-0.39, 0.29) is 12.4 Å². The van der Waals surface area contributed by atoms with E-state index < -0.39 is 0 Å². The van der Waals surface area contributed by atoms with Gasteiger partial charge in [-0.1, -0.05) is 28.1 Å². The van der Waals surface area contributed by atoms with Gasteiger partial charge >= 0.3 is 5.97 Å². The van der Waals surface area contributed by atoms with Crippen molar-refractivity contribution in [3.05, 3.63) is 39.8 Å². The zero-order chi connectivity index (χ0) is 13.0. The van der Waals surface area contributed by atoms with Gasteiger partial charge in [-0.25, -0.2) is 4.98 Å². The number of aromatic nitrogens is 1. The molecule has 0 amide bonds. The highest BCUT2D eigenvalue weighted by molar-refractivity contribution is 9.10. The molecular formula is C13H12BrNO2S. The number of carbonyl (C=O) groups is 1. The molecule has 94 valence electrons. The minimum atomic E-state index is -0.233. The van der Waals surface area contributed by atoms with Crippen molar-refractivity contribution < 1.29 is 9.53 Å². The maximum Gasteiger partial charge on any atom is 0.311 e. The number of hydrogen-bond donors (Lipinski definition) is 0. The van der Waals surface area contributed by atoms with Crippen LogP contribution < -0.4 is 0 Å². The summed E-state index contributed by atoms with van der Waals surface area (Å²) in [4.78, 5) is 15.8. The summed E-state index contributed by atoms with van der Waals surface area (Å²) in [5.41, 5.74) is 1.80. The van der Waals surface area contributed by atoms with Gasteiger partial charge in [0.25, 0.3) is 0 Å². The molecule has 1 aromatic heterocycles. The van der Waals surface area contributed by atoms with Gasteiger partial charge in [-0.05, 0) is 19.1 Å². The van der Waals surface area contributed by atoms with Crippen molar-refractivity contribution in [2.24, 2.45) is 0 Å². The predicted octanol–water partition coefficient (Wildman–Crippen LogP) is 3.68. The molecule has 0 aliphatic rings. The average molecular weight is 326 g/mol. The number of hydrogen-bond acceptors (Lipinski definition) is 4. The molecule has 2 rings (SSSR count). The largest absolute Gasteiger partial charge is 0.466 e. The lowest BCUT2D eigenvalue weighted by molar-refractivity contribution is -0.142. The van der Waals surface area contributed by atoms with Gasteiger partial charge in [0.1, 0.15) is 5.01 Å². The topological polar surface area (TPSA) is 39.2 Å². The number of thiazole rings is 1. The van der Waals surface area contributed by atoms with Gasteiger partial charge in [0.15, 0.2) is 0 Å². The zero-order valence-electron chi connectivity index (χ0n) is 9.85. The molecule has 0 aliphatic carbocycles. The third kappa shape index (κ3) is 3.40. The quantitative estimate of drug-likeness (QED) is 0.805. The van der Waals surface area contributed by atoms with Crippen LogP contribution in [0.4, 0.5) is 0 Å². The summed E-state index contributed by atoms with van der Waals surface area (Å²) in [7, 11) is 0. The minimum Gasteiger partial charge on any atom is -0.466 e. The summed E-state index contributed by atoms with van der Waals surface area (Å²) in [5.74, 6) is -0.233. The highest BCUT2D eigenvalue weighted by atomic mass is 79.9. The molecule has 2 aromatic rings. The molecule has 0 spiro atoms. The van der Waals surface area contributed by atoms with Crippen LogP contribution in [0.3, 0.4) is 0 Å². The van der Waals surface area contributed by atoms with Crippen LogP contribution in [0.15, 0.2) is 34.1 Å². The molecule has 0 saturated carbocycles. The molecule has 1 heterocycles. The number of ether oxygens (including phenoxy) is 1. The summed E-state index contributed by atoms with van der Waals surface area (Å²) in [6.45, 7) is 2.20. The molecule has 18 heavy (non-hydrogen) atoms. The molecule has 1 aromatic carbocycles. The van der Waals surface area contributed by atoms with Crippen molar-refractivity contribution in [1.82, 2.24) is 4.98 Å². The molecule has 0 fully saturated rings. The van der Waals surface area contributed by atoms with Crippen LogP contribution in [0.25, 0.3) is 10.6 Å². The highest BCUT2D eigenvalue weighted by Crippen LogP contribution is 2.26. The van der Waals surface area contributed by atoms with Crippen molar-refractivity contribution >= 4 is 33.2 Å². The molecule has 0 N–H and O–H groups in total. The highest BCUT2D eigenvalue weighted by Gasteiger charge is 2.09. The van der Waals surface area contributed by atoms with Crippen LogP contribution in [0, 0.1) is 0 Å². The Kier molecular flexibility index (Phi) is 4.49. The fraction of sp³-hybridized carbons (Fsp3) is 0.231. The first kappa shape index (κ1) is 13.2. The number of nitrogens with zero attached hydrogens (tertiary/aromatic N) is 1. The van der Waals surface area contributed by atoms with Gasteiger partial charge < -0.3 is 4.74 Å². The lowest BCUT2D eigenvalue weighted by atomic mass is 10.2. The van der Waals surface area contributed by atoms with E-state index in [2.05, 4.69) is 20.9 Å². The third-order valence-electron chi connectivity index (χ3n) is 2.25. The molecule has 5 heteroatoms. The molecule has 0 radical (unpaired) electrons. The molecule has 0 atom stereocenters. The number of halogens is 1. The first-order valence-electron chi connectivity index (χ1n) is 5.55. The molecule has 0 bridgehead atoms. The van der Waals surface area contributed by atoms with Gasteiger partial charge in [-0.3, -0.25) is 4.79 Å². The predicted molar refractivity (Wildman–Crippen MR) is 75.6 cm³/mol. The van der Waals surface area contributed by atoms with Crippen LogP contribution in [-0.2, 0) is 16.0 Å². The summed E-state index contributed by atoms with van der Waals surface area (Å²) in [6.07, 6.45) is 0.234. The Morgan fingerprint density at radius 2 is 2.33 bits per heavy atom. The van der Waals surface area contributed by atoms with Crippen molar-refractivity contribution in [3.8, 4) is 10.6 Å². The first-order valence-corrected chi connectivity index (χ1v) is 7.22. The first-order chi connectivity index (χ1) is 8.69. The summed E-state index contributed by atoms with van der Waals surface area (Å²) in [5, 5.41) is 2.81. The number of benzene rings is 1. The van der Waals surface area contributed by atoms with E-state index in [4.69, 9.17) is 4.74 Å². The average Bonchev–Trinajstić information content (AvgIpc) is 2.78. The maximum absolute atomic E-state index is 11.3. The van der Waals surface area contributed by atoms with E-state index in [0.29, 0.717) is 6.61 Å². The minimum absolute atomic E-state index is 0.233. The van der Waals surface area contributed by atoms with Gasteiger partial charge in [-0.15, -0.1) is 11.3 Å². The van der Waals surface area contributed by atoms with Gasteiger partial charge in [-0.2, -0.15) is 0 Å². The van der Waals surface area contributed by atoms with Crippen molar-refractivity contribution in [2.45, 2.75) is 13.3 Å². The number of rotatable bonds is 4. The summed E-state index contributed by atoms with van der Waals surface area (Å²) in [6, 6.07) is 7.94. The Morgan fingerprint density at radius 3 is 3.06 bits per heavy atom. The SMILES string of the molecule is CCOC(=O)Cc1csc(-c2cccc(Br)c2)n1. The molecule has 3 nitrogen and oxygen atoms in total. The second-order valence-electron chi connectivity index (χ2n) is 3.64. The lowest BCUT2D eigenvalue weighted by Crippen LogP contribution is -2.07. The molecule has 0 aliphatic heterocycles. The zero-order valence-corrected chi connectivity index (χ0v) is 12.3. The van der Waals surface area contributed by atoms with Gasteiger partial charge in [0.2, 0.25) is 0 Å². The van der Waals surface area contributed by atoms with Crippen molar-refractivity contribution in [1.29, 1.82) is 0 Å². The van der Waals surface area contributed by atoms with E-state index in [0.717, 1.165) is 20.7 Å². The van der Waals surface area contributed by atoms with Gasteiger partial charge in [0.05, 0.1) is 18.7 Å². The Bertz CT molecular complexity index is 553. The van der Waals surface area contributed by atoms with E-state index in [1.165, 1.54) is 11.3 Å². The monoisotopic (exact) mass is 325 g/mol. The standard InChI is InChI=1S/C13H12BrNO2S/c1-2-17-12(16)7-11-8-18-13(15-11)9-4-3-5-10(14)6-9/h3-6,8H,2,7H2,1H3. The Labute approximate surface area is 118 Å². The van der Waals surface area contributed by atoms with E-state index in [9.17, 15) is 4.79 Å². The Hall–Kier alpha value is -1.20. The Morgan fingerprint density at radius 1 is 1.50 bits per heavy atom. The summed E-state index contributed by atoms with van der Waals surface area (Å²) < 4.78 is 5.91. The van der Waals surface area contributed by atoms with Gasteiger partial charge in [0, 0.05) is 15.4 Å².